The minimum Gasteiger partial charge on any atom is -0.303 e. The van der Waals surface area contributed by atoms with Gasteiger partial charge in [0, 0.05) is 26.2 Å². The molecule has 0 atom stereocenters. The molecule has 0 unspecified atom stereocenters. The van der Waals surface area contributed by atoms with Crippen molar-refractivity contribution < 1.29 is 0 Å². The summed E-state index contributed by atoms with van der Waals surface area (Å²) >= 11 is 0. The molecule has 0 amide bonds. The lowest BCUT2D eigenvalue weighted by Crippen LogP contribution is -2.32. The van der Waals surface area contributed by atoms with Crippen molar-refractivity contribution >= 4 is 0 Å². The Morgan fingerprint density at radius 2 is 1.94 bits per heavy atom. The molecule has 0 aromatic heterocycles. The maximum atomic E-state index is 8.90. The summed E-state index contributed by atoms with van der Waals surface area (Å²) < 4.78 is 0. The van der Waals surface area contributed by atoms with E-state index in [4.69, 9.17) is 5.26 Å². The monoisotopic (exact) mass is 243 g/mol. The third kappa shape index (κ3) is 2.90. The van der Waals surface area contributed by atoms with Crippen LogP contribution in [0.5, 0.6) is 0 Å². The molecule has 0 saturated carbocycles. The maximum Gasteiger partial charge on any atom is 0.0991 e. The first-order valence-electron chi connectivity index (χ1n) is 6.73. The van der Waals surface area contributed by atoms with Gasteiger partial charge in [-0.25, -0.2) is 0 Å². The van der Waals surface area contributed by atoms with Crippen LogP contribution in [0.4, 0.5) is 0 Å². The Morgan fingerprint density at radius 3 is 2.61 bits per heavy atom. The van der Waals surface area contributed by atoms with Crippen LogP contribution in [-0.2, 0) is 13.1 Å². The number of fused-ring (bicyclic) bond motifs is 1. The first kappa shape index (κ1) is 13.1. The van der Waals surface area contributed by atoms with Crippen molar-refractivity contribution in [2.45, 2.75) is 26.9 Å². The first-order chi connectivity index (χ1) is 8.76. The molecule has 96 valence electrons. The van der Waals surface area contributed by atoms with Crippen LogP contribution < -0.4 is 0 Å². The zero-order valence-corrected chi connectivity index (χ0v) is 11.3. The standard InChI is InChI=1S/C15H21N3/c1-3-17(4-2)7-8-18-11-14-6-5-13(10-16)9-15(14)12-18/h5-6,9H,3-4,7-8,11-12H2,1-2H3. The van der Waals surface area contributed by atoms with Gasteiger partial charge < -0.3 is 4.90 Å². The Balaban J connectivity index is 1.92. The number of hydrogen-bond acceptors (Lipinski definition) is 3. The summed E-state index contributed by atoms with van der Waals surface area (Å²) in [6.07, 6.45) is 0. The lowest BCUT2D eigenvalue weighted by molar-refractivity contribution is 0.216. The van der Waals surface area contributed by atoms with Gasteiger partial charge in [-0.1, -0.05) is 19.9 Å². The van der Waals surface area contributed by atoms with Crippen molar-refractivity contribution in [2.75, 3.05) is 26.2 Å². The highest BCUT2D eigenvalue weighted by Gasteiger charge is 2.19. The highest BCUT2D eigenvalue weighted by molar-refractivity contribution is 5.39. The molecule has 1 heterocycles. The van der Waals surface area contributed by atoms with Crippen LogP contribution in [0.25, 0.3) is 0 Å². The van der Waals surface area contributed by atoms with Gasteiger partial charge >= 0.3 is 0 Å². The van der Waals surface area contributed by atoms with Crippen molar-refractivity contribution in [1.29, 1.82) is 5.26 Å². The maximum absolute atomic E-state index is 8.90. The van der Waals surface area contributed by atoms with E-state index in [-0.39, 0.29) is 0 Å². The molecule has 3 nitrogen and oxygen atoms in total. The third-order valence-corrected chi connectivity index (χ3v) is 3.75. The number of nitriles is 1. The van der Waals surface area contributed by atoms with Crippen molar-refractivity contribution in [1.82, 2.24) is 9.80 Å². The second-order valence-electron chi connectivity index (χ2n) is 4.83. The molecule has 1 aliphatic heterocycles. The van der Waals surface area contributed by atoms with Crippen LogP contribution in [0.1, 0.15) is 30.5 Å². The van der Waals surface area contributed by atoms with E-state index in [1.54, 1.807) is 0 Å². The van der Waals surface area contributed by atoms with Crippen molar-refractivity contribution in [3.63, 3.8) is 0 Å². The molecule has 2 rings (SSSR count). The number of likely N-dealkylation sites (N-methyl/N-ethyl adjacent to an activating group) is 1. The second-order valence-corrected chi connectivity index (χ2v) is 4.83. The molecule has 18 heavy (non-hydrogen) atoms. The highest BCUT2D eigenvalue weighted by Crippen LogP contribution is 2.23. The molecule has 0 saturated heterocycles. The van der Waals surface area contributed by atoms with Gasteiger partial charge in [0.2, 0.25) is 0 Å². The van der Waals surface area contributed by atoms with Crippen LogP contribution >= 0.6 is 0 Å². The molecule has 3 heteroatoms. The molecule has 0 fully saturated rings. The Kier molecular flexibility index (Phi) is 4.35. The fraction of sp³-hybridized carbons (Fsp3) is 0.533. The van der Waals surface area contributed by atoms with Crippen LogP contribution in [-0.4, -0.2) is 36.0 Å². The van der Waals surface area contributed by atoms with E-state index in [1.807, 2.05) is 12.1 Å². The molecular formula is C15H21N3. The molecule has 0 aliphatic carbocycles. The minimum atomic E-state index is 0.777. The third-order valence-electron chi connectivity index (χ3n) is 3.75. The summed E-state index contributed by atoms with van der Waals surface area (Å²) in [4.78, 5) is 4.91. The van der Waals surface area contributed by atoms with E-state index in [0.717, 1.165) is 44.8 Å². The fourth-order valence-electron chi connectivity index (χ4n) is 2.52. The second kappa shape index (κ2) is 5.99. The predicted molar refractivity (Wildman–Crippen MR) is 73.1 cm³/mol. The molecule has 0 radical (unpaired) electrons. The van der Waals surface area contributed by atoms with Gasteiger partial charge in [-0.2, -0.15) is 5.26 Å². The molecule has 0 bridgehead atoms. The van der Waals surface area contributed by atoms with E-state index >= 15 is 0 Å². The van der Waals surface area contributed by atoms with Gasteiger partial charge in [0.1, 0.15) is 0 Å². The SMILES string of the molecule is CCN(CC)CCN1Cc2ccc(C#N)cc2C1. The van der Waals surface area contributed by atoms with Crippen LogP contribution in [0.2, 0.25) is 0 Å². The summed E-state index contributed by atoms with van der Waals surface area (Å²) in [6, 6.07) is 8.27. The van der Waals surface area contributed by atoms with E-state index < -0.39 is 0 Å². The van der Waals surface area contributed by atoms with Gasteiger partial charge in [0.05, 0.1) is 11.6 Å². The van der Waals surface area contributed by atoms with Gasteiger partial charge in [-0.15, -0.1) is 0 Å². The Labute approximate surface area is 110 Å². The first-order valence-corrected chi connectivity index (χ1v) is 6.73. The van der Waals surface area contributed by atoms with E-state index in [2.05, 4.69) is 35.8 Å². The molecular weight excluding hydrogens is 222 g/mol. The molecule has 1 aromatic rings. The fourth-order valence-corrected chi connectivity index (χ4v) is 2.52. The normalized spacial score (nSPS) is 14.8. The quantitative estimate of drug-likeness (QED) is 0.794. The molecule has 0 N–H and O–H groups in total. The molecule has 1 aliphatic rings. The van der Waals surface area contributed by atoms with Crippen LogP contribution in [0.3, 0.4) is 0 Å². The summed E-state index contributed by atoms with van der Waals surface area (Å²) in [7, 11) is 0. The van der Waals surface area contributed by atoms with Gasteiger partial charge in [0.15, 0.2) is 0 Å². The summed E-state index contributed by atoms with van der Waals surface area (Å²) in [6.45, 7) is 10.9. The highest BCUT2D eigenvalue weighted by atomic mass is 15.2. The Morgan fingerprint density at radius 1 is 1.22 bits per heavy atom. The van der Waals surface area contributed by atoms with Gasteiger partial charge in [0.25, 0.3) is 0 Å². The summed E-state index contributed by atoms with van der Waals surface area (Å²) in [5.74, 6) is 0. The average molecular weight is 243 g/mol. The van der Waals surface area contributed by atoms with Crippen molar-refractivity contribution in [3.05, 3.63) is 34.9 Å². The number of rotatable bonds is 5. The zero-order valence-electron chi connectivity index (χ0n) is 11.3. The molecule has 0 spiro atoms. The average Bonchev–Trinajstić information content (AvgIpc) is 2.81. The Hall–Kier alpha value is -1.37. The topological polar surface area (TPSA) is 30.3 Å². The zero-order chi connectivity index (χ0) is 13.0. The minimum absolute atomic E-state index is 0.777. The van der Waals surface area contributed by atoms with E-state index in [0.29, 0.717) is 0 Å². The number of hydrogen-bond donors (Lipinski definition) is 0. The summed E-state index contributed by atoms with van der Waals surface area (Å²) in [5, 5.41) is 8.90. The van der Waals surface area contributed by atoms with Gasteiger partial charge in [-0.3, -0.25) is 4.90 Å². The largest absolute Gasteiger partial charge is 0.303 e. The lowest BCUT2D eigenvalue weighted by Gasteiger charge is -2.22. The summed E-state index contributed by atoms with van der Waals surface area (Å²) in [5.41, 5.74) is 3.49. The predicted octanol–water partition coefficient (Wildman–Crippen LogP) is 2.22. The van der Waals surface area contributed by atoms with E-state index in [1.165, 1.54) is 11.1 Å². The van der Waals surface area contributed by atoms with Crippen LogP contribution in [0, 0.1) is 11.3 Å². The number of benzene rings is 1. The van der Waals surface area contributed by atoms with Crippen LogP contribution in [0.15, 0.2) is 18.2 Å². The van der Waals surface area contributed by atoms with Crippen molar-refractivity contribution in [3.8, 4) is 6.07 Å². The van der Waals surface area contributed by atoms with Crippen molar-refractivity contribution in [2.24, 2.45) is 0 Å². The number of nitrogens with zero attached hydrogens (tertiary/aromatic N) is 3. The lowest BCUT2D eigenvalue weighted by atomic mass is 10.1. The van der Waals surface area contributed by atoms with E-state index in [9.17, 15) is 0 Å². The van der Waals surface area contributed by atoms with Gasteiger partial charge in [-0.05, 0) is 36.3 Å². The smallest absolute Gasteiger partial charge is 0.0991 e. The molecule has 1 aromatic carbocycles. The Bertz CT molecular complexity index is 444.